The number of nitrogens with zero attached hydrogens (tertiary/aromatic N) is 3. The van der Waals surface area contributed by atoms with E-state index < -0.39 is 18.9 Å². The van der Waals surface area contributed by atoms with Gasteiger partial charge in [-0.25, -0.2) is 8.78 Å². The van der Waals surface area contributed by atoms with Crippen LogP contribution in [0.2, 0.25) is 5.02 Å². The van der Waals surface area contributed by atoms with Crippen molar-refractivity contribution >= 4 is 23.2 Å². The van der Waals surface area contributed by atoms with Gasteiger partial charge in [0.2, 0.25) is 5.91 Å². The lowest BCUT2D eigenvalue weighted by Crippen LogP contribution is -2.36. The normalized spacial score (nSPS) is 10.8. The molecule has 2 aromatic rings. The van der Waals surface area contributed by atoms with Crippen molar-refractivity contribution in [3.63, 3.8) is 0 Å². The average molecular weight is 326 g/mol. The highest BCUT2D eigenvalue weighted by Crippen LogP contribution is 2.18. The molecule has 0 bridgehead atoms. The molecule has 116 valence electrons. The molecule has 0 fully saturated rings. The van der Waals surface area contributed by atoms with Gasteiger partial charge in [-0.15, -0.1) is 0 Å². The number of aryl methyl sites for hydroxylation is 1. The molecule has 7 heteroatoms. The summed E-state index contributed by atoms with van der Waals surface area (Å²) < 4.78 is 25.5. The Labute approximate surface area is 131 Å². The molecular weight excluding hydrogens is 312 g/mol. The molecule has 0 aliphatic rings. The molecule has 0 radical (unpaired) electrons. The number of aromatic nitrogens is 2. The number of amides is 1. The summed E-state index contributed by atoms with van der Waals surface area (Å²) in [5.74, 6) is -0.458. The molecule has 0 N–H and O–H groups in total. The van der Waals surface area contributed by atoms with Crippen LogP contribution >= 0.6 is 11.6 Å². The second-order valence-electron chi connectivity index (χ2n) is 4.68. The average Bonchev–Trinajstić information content (AvgIpc) is 2.49. The number of rotatable bonds is 5. The van der Waals surface area contributed by atoms with Crippen LogP contribution in [0.25, 0.3) is 0 Å². The lowest BCUT2D eigenvalue weighted by atomic mass is 10.1. The number of alkyl halides is 2. The molecule has 0 aliphatic heterocycles. The molecule has 2 aromatic heterocycles. The Kier molecular flexibility index (Phi) is 5.38. The Morgan fingerprint density at radius 1 is 1.41 bits per heavy atom. The van der Waals surface area contributed by atoms with Crippen molar-refractivity contribution < 1.29 is 13.6 Å². The summed E-state index contributed by atoms with van der Waals surface area (Å²) in [5.41, 5.74) is 1.59. The Bertz CT molecular complexity index is 652. The van der Waals surface area contributed by atoms with E-state index in [-0.39, 0.29) is 6.42 Å². The minimum Gasteiger partial charge on any atom is -0.305 e. The molecule has 22 heavy (non-hydrogen) atoms. The molecule has 4 nitrogen and oxygen atoms in total. The van der Waals surface area contributed by atoms with Gasteiger partial charge in [0, 0.05) is 18.1 Å². The van der Waals surface area contributed by atoms with Crippen molar-refractivity contribution in [2.75, 3.05) is 11.4 Å². The third-order valence-corrected chi connectivity index (χ3v) is 3.29. The second-order valence-corrected chi connectivity index (χ2v) is 5.12. The number of carbonyl (C=O) groups excluding carboxylic acids is 1. The number of pyridine rings is 2. The zero-order valence-corrected chi connectivity index (χ0v) is 12.6. The van der Waals surface area contributed by atoms with Crippen LogP contribution in [0, 0.1) is 6.92 Å². The van der Waals surface area contributed by atoms with Crippen LogP contribution in [0.1, 0.15) is 11.3 Å². The maximum Gasteiger partial charge on any atom is 0.256 e. The maximum atomic E-state index is 12.8. The van der Waals surface area contributed by atoms with Crippen molar-refractivity contribution in [1.29, 1.82) is 0 Å². The number of anilines is 1. The van der Waals surface area contributed by atoms with Crippen LogP contribution in [0.15, 0.2) is 36.8 Å². The maximum absolute atomic E-state index is 12.8. The fourth-order valence-corrected chi connectivity index (χ4v) is 2.17. The highest BCUT2D eigenvalue weighted by Gasteiger charge is 2.21. The minimum absolute atomic E-state index is 0.0546. The monoisotopic (exact) mass is 325 g/mol. The first-order valence-corrected chi connectivity index (χ1v) is 6.94. The van der Waals surface area contributed by atoms with Gasteiger partial charge in [-0.1, -0.05) is 11.6 Å². The van der Waals surface area contributed by atoms with Gasteiger partial charge in [-0.2, -0.15) is 0 Å². The summed E-state index contributed by atoms with van der Waals surface area (Å²) in [4.78, 5) is 21.4. The lowest BCUT2D eigenvalue weighted by Gasteiger charge is -2.22. The predicted octanol–water partition coefficient (Wildman–Crippen LogP) is 3.28. The van der Waals surface area contributed by atoms with E-state index in [1.165, 1.54) is 18.6 Å². The molecule has 0 aliphatic carbocycles. The minimum atomic E-state index is -2.64. The van der Waals surface area contributed by atoms with Crippen LogP contribution in [0.5, 0.6) is 0 Å². The molecule has 0 atom stereocenters. The Balaban J connectivity index is 2.24. The van der Waals surface area contributed by atoms with Gasteiger partial charge in [-0.3, -0.25) is 14.8 Å². The summed E-state index contributed by atoms with van der Waals surface area (Å²) in [6.07, 6.45) is 1.68. The summed E-state index contributed by atoms with van der Waals surface area (Å²) in [7, 11) is 0. The largest absolute Gasteiger partial charge is 0.305 e. The molecular formula is C15H14ClF2N3O. The van der Waals surface area contributed by atoms with Crippen molar-refractivity contribution in [2.24, 2.45) is 0 Å². The highest BCUT2D eigenvalue weighted by atomic mass is 35.5. The van der Waals surface area contributed by atoms with E-state index in [0.29, 0.717) is 22.0 Å². The zero-order chi connectivity index (χ0) is 16.1. The van der Waals surface area contributed by atoms with Gasteiger partial charge in [0.05, 0.1) is 29.9 Å². The molecule has 1 amide bonds. The summed E-state index contributed by atoms with van der Waals surface area (Å²) in [5, 5.41) is 0.398. The molecule has 0 unspecified atom stereocenters. The van der Waals surface area contributed by atoms with Gasteiger partial charge in [0.15, 0.2) is 0 Å². The van der Waals surface area contributed by atoms with Crippen molar-refractivity contribution in [3.05, 3.63) is 53.1 Å². The van der Waals surface area contributed by atoms with Gasteiger partial charge in [-0.05, 0) is 30.7 Å². The third-order valence-electron chi connectivity index (χ3n) is 3.08. The molecule has 0 spiro atoms. The summed E-state index contributed by atoms with van der Waals surface area (Å²) in [6, 6.07) is 4.77. The van der Waals surface area contributed by atoms with E-state index in [1.807, 2.05) is 0 Å². The van der Waals surface area contributed by atoms with Gasteiger partial charge in [0.25, 0.3) is 6.43 Å². The van der Waals surface area contributed by atoms with Crippen LogP contribution in [-0.2, 0) is 11.2 Å². The fourth-order valence-electron chi connectivity index (χ4n) is 1.99. The predicted molar refractivity (Wildman–Crippen MR) is 80.3 cm³/mol. The highest BCUT2D eigenvalue weighted by molar-refractivity contribution is 6.30. The third kappa shape index (κ3) is 4.21. The van der Waals surface area contributed by atoms with E-state index in [2.05, 4.69) is 9.97 Å². The lowest BCUT2D eigenvalue weighted by molar-refractivity contribution is -0.118. The smallest absolute Gasteiger partial charge is 0.256 e. The summed E-state index contributed by atoms with van der Waals surface area (Å²) in [6.45, 7) is 1.05. The first-order valence-electron chi connectivity index (χ1n) is 6.57. The second kappa shape index (κ2) is 7.26. The summed E-state index contributed by atoms with van der Waals surface area (Å²) >= 11 is 5.86. The number of carbonyl (C=O) groups is 1. The Hall–Kier alpha value is -2.08. The van der Waals surface area contributed by atoms with Crippen LogP contribution in [0.3, 0.4) is 0 Å². The topological polar surface area (TPSA) is 46.1 Å². The Morgan fingerprint density at radius 3 is 2.82 bits per heavy atom. The molecule has 0 aromatic carbocycles. The van der Waals surface area contributed by atoms with E-state index in [9.17, 15) is 13.6 Å². The SMILES string of the molecule is Cc1ncc(Cl)cc1CC(=O)N(CC(F)F)c1cccnc1. The first kappa shape index (κ1) is 16.3. The number of hydrogen-bond acceptors (Lipinski definition) is 3. The first-order chi connectivity index (χ1) is 10.5. The quantitative estimate of drug-likeness (QED) is 0.847. The van der Waals surface area contributed by atoms with E-state index in [1.54, 1.807) is 25.1 Å². The van der Waals surface area contributed by atoms with Gasteiger partial charge >= 0.3 is 0 Å². The Morgan fingerprint density at radius 2 is 2.18 bits per heavy atom. The van der Waals surface area contributed by atoms with E-state index >= 15 is 0 Å². The van der Waals surface area contributed by atoms with Gasteiger partial charge < -0.3 is 4.90 Å². The fraction of sp³-hybridized carbons (Fsp3) is 0.267. The zero-order valence-electron chi connectivity index (χ0n) is 11.8. The van der Waals surface area contributed by atoms with E-state index in [0.717, 1.165) is 4.90 Å². The molecule has 2 heterocycles. The van der Waals surface area contributed by atoms with Gasteiger partial charge in [0.1, 0.15) is 0 Å². The van der Waals surface area contributed by atoms with Crippen molar-refractivity contribution in [3.8, 4) is 0 Å². The molecule has 0 saturated carbocycles. The molecule has 0 saturated heterocycles. The number of halogens is 3. The number of hydrogen-bond donors (Lipinski definition) is 0. The molecule has 2 rings (SSSR count). The van der Waals surface area contributed by atoms with Crippen molar-refractivity contribution in [1.82, 2.24) is 9.97 Å². The van der Waals surface area contributed by atoms with E-state index in [4.69, 9.17) is 11.6 Å². The van der Waals surface area contributed by atoms with Crippen LogP contribution in [0.4, 0.5) is 14.5 Å². The van der Waals surface area contributed by atoms with Crippen molar-refractivity contribution in [2.45, 2.75) is 19.8 Å². The van der Waals surface area contributed by atoms with Crippen LogP contribution in [-0.4, -0.2) is 28.8 Å². The van der Waals surface area contributed by atoms with Crippen LogP contribution < -0.4 is 4.90 Å². The standard InChI is InChI=1S/C15H14ClF2N3O/c1-10-11(5-12(16)7-20-10)6-15(22)21(9-14(17)18)13-3-2-4-19-8-13/h2-5,7-8,14H,6,9H2,1H3.